The van der Waals surface area contributed by atoms with Crippen LogP contribution in [-0.2, 0) is 42.9 Å². The van der Waals surface area contributed by atoms with Gasteiger partial charge in [-0.3, -0.25) is 19.2 Å². The lowest BCUT2D eigenvalue weighted by Gasteiger charge is -2.54. The molecule has 0 bridgehead atoms. The molecule has 1 fully saturated rings. The highest BCUT2D eigenvalue weighted by molar-refractivity contribution is 8.00. The highest BCUT2D eigenvalue weighted by Crippen LogP contribution is 2.39. The zero-order chi connectivity index (χ0) is 20.8. The first-order valence-electron chi connectivity index (χ1n) is 8.17. The van der Waals surface area contributed by atoms with Gasteiger partial charge in [-0.15, -0.1) is 11.8 Å². The number of ether oxygens (including phenoxy) is 5. The largest absolute Gasteiger partial charge is 0.817 e. The summed E-state index contributed by atoms with van der Waals surface area (Å²) in [6.07, 6.45) is -5.59. The van der Waals surface area contributed by atoms with Gasteiger partial charge in [-0.25, -0.2) is 0 Å². The molecule has 0 aromatic rings. The van der Waals surface area contributed by atoms with E-state index in [1.807, 2.05) is 0 Å². The summed E-state index contributed by atoms with van der Waals surface area (Å²) in [6, 6.07) is 0. The molecule has 10 nitrogen and oxygen atoms in total. The van der Waals surface area contributed by atoms with Gasteiger partial charge in [-0.1, -0.05) is 6.92 Å². The van der Waals surface area contributed by atoms with Crippen LogP contribution in [0.2, 0.25) is 0 Å². The van der Waals surface area contributed by atoms with Gasteiger partial charge in [0.15, 0.2) is 18.3 Å². The Morgan fingerprint density at radius 3 is 1.89 bits per heavy atom. The Labute approximate surface area is 160 Å². The standard InChI is InChI=1S/C16H23O10S/c1-6-27-16(21)15(25-11(5)20)14(24-10(4)19)13(23-9(3)18)12(26-16)7-22-8(2)17/h12-15H,6-7H2,1-5H3/q-1/t12-,13-,14+,15+,16-/m1/s1. The van der Waals surface area contributed by atoms with Gasteiger partial charge < -0.3 is 28.8 Å². The molecule has 0 radical (unpaired) electrons. The third-order valence-corrected chi connectivity index (χ3v) is 4.37. The third kappa shape index (κ3) is 6.67. The first kappa shape index (κ1) is 23.2. The molecule has 1 saturated heterocycles. The van der Waals surface area contributed by atoms with Crippen LogP contribution in [0.25, 0.3) is 0 Å². The van der Waals surface area contributed by atoms with E-state index >= 15 is 0 Å². The summed E-state index contributed by atoms with van der Waals surface area (Å²) in [5.41, 5.74) is 0. The van der Waals surface area contributed by atoms with Gasteiger partial charge in [0.05, 0.1) is 5.12 Å². The first-order valence-corrected chi connectivity index (χ1v) is 9.16. The number of carbonyl (C=O) groups is 4. The SMILES string of the molecule is CCS[C@]1([O-])O[C@H](COC(C)=O)[C@@H](OC(C)=O)[C@H](OC(C)=O)[C@@H]1OC(C)=O. The summed E-state index contributed by atoms with van der Waals surface area (Å²) in [5.74, 6) is -2.71. The highest BCUT2D eigenvalue weighted by Gasteiger charge is 2.54. The fourth-order valence-corrected chi connectivity index (χ4v) is 3.49. The van der Waals surface area contributed by atoms with E-state index in [1.54, 1.807) is 6.92 Å². The van der Waals surface area contributed by atoms with Crippen molar-refractivity contribution in [3.8, 4) is 0 Å². The normalized spacial score (nSPS) is 30.1. The third-order valence-electron chi connectivity index (χ3n) is 3.35. The van der Waals surface area contributed by atoms with Crippen LogP contribution in [0, 0.1) is 0 Å². The molecule has 1 aliphatic heterocycles. The lowest BCUT2D eigenvalue weighted by molar-refractivity contribution is -0.552. The summed E-state index contributed by atoms with van der Waals surface area (Å²) < 4.78 is 25.8. The van der Waals surface area contributed by atoms with E-state index in [4.69, 9.17) is 23.7 Å². The van der Waals surface area contributed by atoms with Gasteiger partial charge in [-0.05, 0) is 5.75 Å². The van der Waals surface area contributed by atoms with E-state index in [0.717, 1.165) is 39.5 Å². The van der Waals surface area contributed by atoms with Gasteiger partial charge in [0, 0.05) is 27.7 Å². The second-order valence-corrected chi connectivity index (χ2v) is 7.11. The van der Waals surface area contributed by atoms with Crippen LogP contribution in [0.5, 0.6) is 0 Å². The van der Waals surface area contributed by atoms with E-state index in [-0.39, 0.29) is 5.75 Å². The molecule has 0 N–H and O–H groups in total. The molecule has 154 valence electrons. The topological polar surface area (TPSA) is 137 Å². The minimum Gasteiger partial charge on any atom is -0.817 e. The van der Waals surface area contributed by atoms with Crippen molar-refractivity contribution >= 4 is 35.6 Å². The molecule has 0 unspecified atom stereocenters. The van der Waals surface area contributed by atoms with Crippen LogP contribution in [0.3, 0.4) is 0 Å². The molecule has 27 heavy (non-hydrogen) atoms. The first-order chi connectivity index (χ1) is 12.5. The molecule has 0 aromatic heterocycles. The zero-order valence-electron chi connectivity index (χ0n) is 15.7. The number of rotatable bonds is 7. The minimum atomic E-state index is -2.37. The maximum Gasteiger partial charge on any atom is 0.303 e. The Kier molecular flexibility index (Phi) is 8.51. The smallest absolute Gasteiger partial charge is 0.303 e. The lowest BCUT2D eigenvalue weighted by Crippen LogP contribution is -2.71. The minimum absolute atomic E-state index is 0.284. The molecule has 1 heterocycles. The van der Waals surface area contributed by atoms with Crippen molar-refractivity contribution < 1.29 is 48.0 Å². The molecule has 0 aliphatic carbocycles. The van der Waals surface area contributed by atoms with Gasteiger partial charge in [-0.2, -0.15) is 0 Å². The number of esters is 4. The average Bonchev–Trinajstić information content (AvgIpc) is 2.51. The summed E-state index contributed by atoms with van der Waals surface area (Å²) in [5, 5.41) is 10.9. The van der Waals surface area contributed by atoms with Crippen molar-refractivity contribution in [2.24, 2.45) is 0 Å². The summed E-state index contributed by atoms with van der Waals surface area (Å²) in [7, 11) is 0. The van der Waals surface area contributed by atoms with E-state index in [0.29, 0.717) is 0 Å². The predicted molar refractivity (Wildman–Crippen MR) is 89.0 cm³/mol. The highest BCUT2D eigenvalue weighted by atomic mass is 32.2. The molecule has 5 atom stereocenters. The molecule has 0 aromatic carbocycles. The van der Waals surface area contributed by atoms with Crippen LogP contribution in [-0.4, -0.2) is 65.8 Å². The Hall–Kier alpha value is -1.85. The fourth-order valence-electron chi connectivity index (χ4n) is 2.55. The Morgan fingerprint density at radius 1 is 0.926 bits per heavy atom. The molecule has 1 rings (SSSR count). The van der Waals surface area contributed by atoms with Gasteiger partial charge in [0.2, 0.25) is 0 Å². The Bertz CT molecular complexity index is 580. The van der Waals surface area contributed by atoms with Crippen molar-refractivity contribution in [3.63, 3.8) is 0 Å². The zero-order valence-corrected chi connectivity index (χ0v) is 16.5. The molecule has 0 saturated carbocycles. The van der Waals surface area contributed by atoms with Crippen LogP contribution < -0.4 is 5.11 Å². The van der Waals surface area contributed by atoms with Crippen molar-refractivity contribution in [2.75, 3.05) is 12.4 Å². The summed E-state index contributed by atoms with van der Waals surface area (Å²) in [6.45, 7) is 5.68. The maximum atomic E-state index is 13.3. The molecule has 1 aliphatic rings. The Balaban J connectivity index is 3.36. The number of thioether (sulfide) groups is 1. The van der Waals surface area contributed by atoms with E-state index in [2.05, 4.69) is 0 Å². The number of hydrogen-bond donors (Lipinski definition) is 0. The Morgan fingerprint density at radius 2 is 1.44 bits per heavy atom. The van der Waals surface area contributed by atoms with E-state index in [1.165, 1.54) is 0 Å². The fraction of sp³-hybridized carbons (Fsp3) is 0.750. The predicted octanol–water partition coefficient (Wildman–Crippen LogP) is -0.489. The van der Waals surface area contributed by atoms with E-state index in [9.17, 15) is 24.3 Å². The lowest BCUT2D eigenvalue weighted by atomic mass is 9.98. The van der Waals surface area contributed by atoms with Crippen LogP contribution >= 0.6 is 11.8 Å². The second-order valence-electron chi connectivity index (χ2n) is 5.67. The molecule has 11 heteroatoms. The van der Waals surface area contributed by atoms with Crippen molar-refractivity contribution in [3.05, 3.63) is 0 Å². The quantitative estimate of drug-likeness (QED) is 0.307. The van der Waals surface area contributed by atoms with Gasteiger partial charge in [0.25, 0.3) is 0 Å². The second kappa shape index (κ2) is 9.90. The number of carbonyl (C=O) groups excluding carboxylic acids is 4. The molecular weight excluding hydrogens is 384 g/mol. The molecule has 0 spiro atoms. The van der Waals surface area contributed by atoms with Gasteiger partial charge >= 0.3 is 23.9 Å². The maximum absolute atomic E-state index is 13.3. The van der Waals surface area contributed by atoms with Crippen LogP contribution in [0.15, 0.2) is 0 Å². The van der Waals surface area contributed by atoms with E-state index < -0.39 is 60.0 Å². The summed E-state index contributed by atoms with van der Waals surface area (Å²) >= 11 is 0.767. The van der Waals surface area contributed by atoms with Crippen molar-refractivity contribution in [1.29, 1.82) is 0 Å². The molecular formula is C16H23O10S-. The number of hydrogen-bond acceptors (Lipinski definition) is 11. The average molecular weight is 407 g/mol. The monoisotopic (exact) mass is 407 g/mol. The van der Waals surface area contributed by atoms with Crippen molar-refractivity contribution in [1.82, 2.24) is 0 Å². The van der Waals surface area contributed by atoms with Gasteiger partial charge in [0.1, 0.15) is 12.7 Å². The van der Waals surface area contributed by atoms with Crippen LogP contribution in [0.4, 0.5) is 0 Å². The summed E-state index contributed by atoms with van der Waals surface area (Å²) in [4.78, 5) is 45.8. The van der Waals surface area contributed by atoms with Crippen molar-refractivity contribution in [2.45, 2.75) is 64.2 Å². The molecule has 0 amide bonds. The van der Waals surface area contributed by atoms with Crippen LogP contribution in [0.1, 0.15) is 34.6 Å².